The van der Waals surface area contributed by atoms with Gasteiger partial charge in [0.05, 0.1) is 20.3 Å². The molecular weight excluding hydrogens is 320 g/mol. The van der Waals surface area contributed by atoms with Crippen molar-refractivity contribution in [2.24, 2.45) is 0 Å². The summed E-state index contributed by atoms with van der Waals surface area (Å²) in [6, 6.07) is 5.78. The van der Waals surface area contributed by atoms with E-state index in [-0.39, 0.29) is 12.0 Å². The summed E-state index contributed by atoms with van der Waals surface area (Å²) in [7, 11) is 9.01. The van der Waals surface area contributed by atoms with E-state index in [4.69, 9.17) is 15.2 Å². The van der Waals surface area contributed by atoms with E-state index in [2.05, 4.69) is 19.9 Å². The Morgan fingerprint density at radius 2 is 1.80 bits per heavy atom. The molecule has 136 valence electrons. The van der Waals surface area contributed by atoms with Gasteiger partial charge < -0.3 is 20.1 Å². The van der Waals surface area contributed by atoms with Crippen LogP contribution in [-0.4, -0.2) is 55.2 Å². The predicted octanol–water partition coefficient (Wildman–Crippen LogP) is 1.73. The van der Waals surface area contributed by atoms with Crippen LogP contribution in [0, 0.1) is 0 Å². The van der Waals surface area contributed by atoms with Crippen LogP contribution in [-0.2, 0) is 6.54 Å². The first-order valence-electron chi connectivity index (χ1n) is 7.96. The monoisotopic (exact) mass is 346 g/mol. The van der Waals surface area contributed by atoms with Crippen molar-refractivity contribution < 1.29 is 9.47 Å². The second-order valence-electron chi connectivity index (χ2n) is 5.99. The number of ether oxygens (including phenoxy) is 2. The third-order valence-corrected chi connectivity index (χ3v) is 4.00. The van der Waals surface area contributed by atoms with Gasteiger partial charge in [0.1, 0.15) is 0 Å². The Morgan fingerprint density at radius 1 is 1.08 bits per heavy atom. The van der Waals surface area contributed by atoms with Crippen molar-refractivity contribution >= 4 is 11.9 Å². The van der Waals surface area contributed by atoms with Gasteiger partial charge in [-0.1, -0.05) is 12.1 Å². The molecule has 8 heteroatoms. The molecule has 0 saturated carbocycles. The lowest BCUT2D eigenvalue weighted by atomic mass is 10.1. The number of aromatic nitrogens is 3. The van der Waals surface area contributed by atoms with Crippen LogP contribution >= 0.6 is 0 Å². The van der Waals surface area contributed by atoms with Gasteiger partial charge in [0.2, 0.25) is 11.9 Å². The maximum Gasteiger partial charge on any atom is 0.229 e. The van der Waals surface area contributed by atoms with Crippen molar-refractivity contribution in [1.29, 1.82) is 0 Å². The second-order valence-corrected chi connectivity index (χ2v) is 5.99. The highest BCUT2D eigenvalue weighted by atomic mass is 16.5. The molecule has 0 amide bonds. The summed E-state index contributed by atoms with van der Waals surface area (Å²) < 4.78 is 10.9. The first-order chi connectivity index (χ1) is 11.9. The number of anilines is 2. The standard InChI is InChI=1S/C17H26N6O2/c1-11(15-19-16(18)21-17(20-15)22(2)3)23(4)10-12-8-7-9-13(24-5)14(12)25-6/h7-9,11H,10H2,1-6H3,(H2,18,19,20,21)/t11-/m1/s1. The summed E-state index contributed by atoms with van der Waals surface area (Å²) in [5.41, 5.74) is 6.85. The molecule has 25 heavy (non-hydrogen) atoms. The van der Waals surface area contributed by atoms with E-state index in [0.29, 0.717) is 24.1 Å². The van der Waals surface area contributed by atoms with Crippen LogP contribution in [0.1, 0.15) is 24.4 Å². The van der Waals surface area contributed by atoms with Crippen molar-refractivity contribution in [1.82, 2.24) is 19.9 Å². The normalized spacial score (nSPS) is 12.1. The predicted molar refractivity (Wildman–Crippen MR) is 98.0 cm³/mol. The largest absolute Gasteiger partial charge is 0.493 e. The van der Waals surface area contributed by atoms with Crippen LogP contribution in [0.15, 0.2) is 18.2 Å². The van der Waals surface area contributed by atoms with Crippen LogP contribution in [0.5, 0.6) is 11.5 Å². The quantitative estimate of drug-likeness (QED) is 0.811. The van der Waals surface area contributed by atoms with E-state index in [1.54, 1.807) is 19.1 Å². The number of nitrogen functional groups attached to an aromatic ring is 1. The summed E-state index contributed by atoms with van der Waals surface area (Å²) >= 11 is 0. The molecule has 0 fully saturated rings. The molecule has 1 aromatic heterocycles. The van der Waals surface area contributed by atoms with Crippen molar-refractivity contribution in [3.05, 3.63) is 29.6 Å². The fourth-order valence-electron chi connectivity index (χ4n) is 2.47. The van der Waals surface area contributed by atoms with Crippen molar-refractivity contribution in [2.75, 3.05) is 46.0 Å². The Morgan fingerprint density at radius 3 is 2.40 bits per heavy atom. The average molecular weight is 346 g/mol. The zero-order valence-corrected chi connectivity index (χ0v) is 15.6. The molecule has 8 nitrogen and oxygen atoms in total. The van der Waals surface area contributed by atoms with Gasteiger partial charge in [-0.2, -0.15) is 15.0 Å². The van der Waals surface area contributed by atoms with E-state index < -0.39 is 0 Å². The Labute approximate surface area is 148 Å². The number of hydrogen-bond donors (Lipinski definition) is 1. The van der Waals surface area contributed by atoms with Crippen molar-refractivity contribution in [3.8, 4) is 11.5 Å². The van der Waals surface area contributed by atoms with E-state index in [1.807, 2.05) is 46.3 Å². The summed E-state index contributed by atoms with van der Waals surface area (Å²) in [6.07, 6.45) is 0. The molecule has 0 aliphatic rings. The van der Waals surface area contributed by atoms with Crippen LogP contribution in [0.25, 0.3) is 0 Å². The van der Waals surface area contributed by atoms with Gasteiger partial charge in [-0.15, -0.1) is 0 Å². The van der Waals surface area contributed by atoms with Gasteiger partial charge in [0, 0.05) is 26.2 Å². The maximum atomic E-state index is 5.83. The van der Waals surface area contributed by atoms with Crippen LogP contribution in [0.4, 0.5) is 11.9 Å². The number of rotatable bonds is 7. The summed E-state index contributed by atoms with van der Waals surface area (Å²) in [5, 5.41) is 0. The highest BCUT2D eigenvalue weighted by molar-refractivity contribution is 5.46. The number of hydrogen-bond acceptors (Lipinski definition) is 8. The van der Waals surface area contributed by atoms with Crippen molar-refractivity contribution in [2.45, 2.75) is 19.5 Å². The van der Waals surface area contributed by atoms with Gasteiger partial charge >= 0.3 is 0 Å². The van der Waals surface area contributed by atoms with Crippen LogP contribution in [0.2, 0.25) is 0 Å². The van der Waals surface area contributed by atoms with Crippen LogP contribution in [0.3, 0.4) is 0 Å². The van der Waals surface area contributed by atoms with Gasteiger partial charge in [0.15, 0.2) is 17.3 Å². The molecule has 2 rings (SSSR count). The fraction of sp³-hybridized carbons (Fsp3) is 0.471. The number of benzene rings is 1. The molecule has 1 aromatic carbocycles. The minimum Gasteiger partial charge on any atom is -0.493 e. The average Bonchev–Trinajstić information content (AvgIpc) is 2.59. The smallest absolute Gasteiger partial charge is 0.229 e. The van der Waals surface area contributed by atoms with E-state index >= 15 is 0 Å². The molecule has 2 N–H and O–H groups in total. The van der Waals surface area contributed by atoms with E-state index in [1.165, 1.54) is 0 Å². The van der Waals surface area contributed by atoms with Gasteiger partial charge in [-0.3, -0.25) is 4.90 Å². The molecule has 1 atom stereocenters. The first kappa shape index (κ1) is 18.7. The number of para-hydroxylation sites is 1. The van der Waals surface area contributed by atoms with Gasteiger partial charge in [0.25, 0.3) is 0 Å². The Hall–Kier alpha value is -2.61. The minimum absolute atomic E-state index is 0.0556. The van der Waals surface area contributed by atoms with E-state index in [9.17, 15) is 0 Å². The zero-order valence-electron chi connectivity index (χ0n) is 15.6. The Bertz CT molecular complexity index is 722. The maximum absolute atomic E-state index is 5.83. The molecule has 0 bridgehead atoms. The molecule has 0 radical (unpaired) electrons. The highest BCUT2D eigenvalue weighted by Crippen LogP contribution is 2.32. The molecular formula is C17H26N6O2. The molecule has 0 spiro atoms. The molecule has 0 saturated heterocycles. The number of nitrogens with two attached hydrogens (primary N) is 1. The summed E-state index contributed by atoms with van der Waals surface area (Å²) in [6.45, 7) is 2.67. The third kappa shape index (κ3) is 4.27. The molecule has 2 aromatic rings. The van der Waals surface area contributed by atoms with E-state index in [0.717, 1.165) is 11.3 Å². The third-order valence-electron chi connectivity index (χ3n) is 4.00. The SMILES string of the molecule is COc1cccc(CN(C)[C@H](C)c2nc(N)nc(N(C)C)n2)c1OC. The van der Waals surface area contributed by atoms with Gasteiger partial charge in [-0.25, -0.2) is 0 Å². The topological polar surface area (TPSA) is 89.6 Å². The fourth-order valence-corrected chi connectivity index (χ4v) is 2.47. The minimum atomic E-state index is -0.0556. The Balaban J connectivity index is 2.25. The zero-order chi connectivity index (χ0) is 18.6. The summed E-state index contributed by atoms with van der Waals surface area (Å²) in [4.78, 5) is 16.8. The van der Waals surface area contributed by atoms with Crippen LogP contribution < -0.4 is 20.1 Å². The lowest BCUT2D eigenvalue weighted by Crippen LogP contribution is -2.25. The lowest BCUT2D eigenvalue weighted by molar-refractivity contribution is 0.238. The molecule has 1 heterocycles. The molecule has 0 aliphatic carbocycles. The first-order valence-corrected chi connectivity index (χ1v) is 7.96. The second kappa shape index (κ2) is 7.98. The van der Waals surface area contributed by atoms with Gasteiger partial charge in [-0.05, 0) is 20.0 Å². The summed E-state index contributed by atoms with van der Waals surface area (Å²) in [5.74, 6) is 2.82. The number of methoxy groups -OCH3 is 2. The Kier molecular flexibility index (Phi) is 5.97. The highest BCUT2D eigenvalue weighted by Gasteiger charge is 2.20. The van der Waals surface area contributed by atoms with Crippen molar-refractivity contribution in [3.63, 3.8) is 0 Å². The molecule has 0 unspecified atom stereocenters. The number of nitrogens with zero attached hydrogens (tertiary/aromatic N) is 5. The lowest BCUT2D eigenvalue weighted by Gasteiger charge is -2.25. The molecule has 0 aliphatic heterocycles.